The molecule has 3 nitrogen and oxygen atoms in total. The molecule has 0 aliphatic carbocycles. The standard InChI is InChI=1S/C7H8ClNO2S2/c8-6-1-2-7(12-6)13(10,11)5-3-9-4-5/h1-2,5,9H,3-4H2. The number of sulfone groups is 1. The number of rotatable bonds is 2. The third-order valence-corrected chi connectivity index (χ3v) is 5.89. The molecule has 0 saturated carbocycles. The lowest BCUT2D eigenvalue weighted by atomic mass is 10.3. The summed E-state index contributed by atoms with van der Waals surface area (Å²) in [6.07, 6.45) is 0. The van der Waals surface area contributed by atoms with Crippen LogP contribution in [-0.4, -0.2) is 26.8 Å². The fraction of sp³-hybridized carbons (Fsp3) is 0.429. The Labute approximate surface area is 85.6 Å². The number of nitrogens with one attached hydrogen (secondary N) is 1. The zero-order chi connectivity index (χ0) is 9.47. The predicted octanol–water partition coefficient (Wildman–Crippen LogP) is 1.15. The smallest absolute Gasteiger partial charge is 0.193 e. The quantitative estimate of drug-likeness (QED) is 0.840. The third-order valence-electron chi connectivity index (χ3n) is 2.01. The molecule has 0 unspecified atom stereocenters. The predicted molar refractivity (Wildman–Crippen MR) is 53.2 cm³/mol. The molecule has 1 aliphatic heterocycles. The molecule has 2 rings (SSSR count). The van der Waals surface area contributed by atoms with E-state index in [1.54, 1.807) is 12.1 Å². The fourth-order valence-corrected chi connectivity index (χ4v) is 4.41. The van der Waals surface area contributed by atoms with Crippen molar-refractivity contribution in [2.75, 3.05) is 13.1 Å². The second kappa shape index (κ2) is 3.24. The molecule has 0 aromatic carbocycles. The van der Waals surface area contributed by atoms with Gasteiger partial charge in [0.25, 0.3) is 0 Å². The molecule has 1 saturated heterocycles. The Morgan fingerprint density at radius 2 is 2.15 bits per heavy atom. The van der Waals surface area contributed by atoms with E-state index in [1.807, 2.05) is 0 Å². The van der Waals surface area contributed by atoms with Crippen LogP contribution in [0, 0.1) is 0 Å². The van der Waals surface area contributed by atoms with Gasteiger partial charge in [-0.15, -0.1) is 11.3 Å². The lowest BCUT2D eigenvalue weighted by Crippen LogP contribution is -2.51. The van der Waals surface area contributed by atoms with E-state index < -0.39 is 9.84 Å². The van der Waals surface area contributed by atoms with Crippen LogP contribution >= 0.6 is 22.9 Å². The Hall–Kier alpha value is -0.100. The van der Waals surface area contributed by atoms with Gasteiger partial charge in [0.1, 0.15) is 4.21 Å². The van der Waals surface area contributed by atoms with Crippen LogP contribution in [0.15, 0.2) is 16.3 Å². The monoisotopic (exact) mass is 237 g/mol. The summed E-state index contributed by atoms with van der Waals surface area (Å²) in [6, 6.07) is 3.19. The first-order valence-corrected chi connectivity index (χ1v) is 6.55. The van der Waals surface area contributed by atoms with Crippen molar-refractivity contribution in [3.8, 4) is 0 Å². The van der Waals surface area contributed by atoms with Crippen molar-refractivity contribution in [1.29, 1.82) is 0 Å². The Balaban J connectivity index is 2.34. The van der Waals surface area contributed by atoms with E-state index in [-0.39, 0.29) is 5.25 Å². The summed E-state index contributed by atoms with van der Waals surface area (Å²) in [4.78, 5) is 0. The van der Waals surface area contributed by atoms with Crippen LogP contribution in [0.1, 0.15) is 0 Å². The zero-order valence-corrected chi connectivity index (χ0v) is 9.05. The van der Waals surface area contributed by atoms with Gasteiger partial charge in [0.2, 0.25) is 0 Å². The van der Waals surface area contributed by atoms with E-state index in [2.05, 4.69) is 5.32 Å². The van der Waals surface area contributed by atoms with E-state index >= 15 is 0 Å². The summed E-state index contributed by atoms with van der Waals surface area (Å²) in [6.45, 7) is 1.11. The molecule has 6 heteroatoms. The maximum atomic E-state index is 11.7. The van der Waals surface area contributed by atoms with Crippen LogP contribution in [0.5, 0.6) is 0 Å². The van der Waals surface area contributed by atoms with Gasteiger partial charge >= 0.3 is 0 Å². The summed E-state index contributed by atoms with van der Waals surface area (Å²) in [7, 11) is -3.11. The van der Waals surface area contributed by atoms with Gasteiger partial charge in [0, 0.05) is 13.1 Å². The van der Waals surface area contributed by atoms with Crippen LogP contribution in [0.25, 0.3) is 0 Å². The minimum absolute atomic E-state index is 0.262. The van der Waals surface area contributed by atoms with Gasteiger partial charge in [-0.1, -0.05) is 11.6 Å². The molecule has 0 radical (unpaired) electrons. The van der Waals surface area contributed by atoms with Gasteiger partial charge in [-0.2, -0.15) is 0 Å². The molecular formula is C7H8ClNO2S2. The molecule has 1 N–H and O–H groups in total. The fourth-order valence-electron chi connectivity index (χ4n) is 1.10. The molecule has 0 bridgehead atoms. The van der Waals surface area contributed by atoms with Crippen molar-refractivity contribution < 1.29 is 8.42 Å². The normalized spacial score (nSPS) is 18.5. The Morgan fingerprint density at radius 1 is 1.46 bits per heavy atom. The van der Waals surface area contributed by atoms with E-state index in [0.717, 1.165) is 11.3 Å². The second-order valence-corrected chi connectivity index (χ2v) is 7.05. The molecule has 72 valence electrons. The highest BCUT2D eigenvalue weighted by atomic mass is 35.5. The molecule has 13 heavy (non-hydrogen) atoms. The highest BCUT2D eigenvalue weighted by molar-refractivity contribution is 7.94. The summed E-state index contributed by atoms with van der Waals surface area (Å²) in [5, 5.41) is 2.67. The molecule has 1 aliphatic rings. The largest absolute Gasteiger partial charge is 0.314 e. The summed E-state index contributed by atoms with van der Waals surface area (Å²) in [5.74, 6) is 0. The van der Waals surface area contributed by atoms with Gasteiger partial charge in [-0.25, -0.2) is 8.42 Å². The van der Waals surface area contributed by atoms with Gasteiger partial charge in [-0.3, -0.25) is 0 Å². The van der Waals surface area contributed by atoms with Crippen molar-refractivity contribution in [3.05, 3.63) is 16.5 Å². The zero-order valence-electron chi connectivity index (χ0n) is 6.66. The molecule has 0 amide bonds. The topological polar surface area (TPSA) is 46.2 Å². The first-order chi connectivity index (χ1) is 6.10. The molecule has 2 heterocycles. The third kappa shape index (κ3) is 1.61. The van der Waals surface area contributed by atoms with Crippen molar-refractivity contribution in [2.45, 2.75) is 9.46 Å². The van der Waals surface area contributed by atoms with Crippen LogP contribution in [0.4, 0.5) is 0 Å². The maximum Gasteiger partial charge on any atom is 0.193 e. The SMILES string of the molecule is O=S(=O)(c1ccc(Cl)s1)C1CNC1. The highest BCUT2D eigenvalue weighted by Crippen LogP contribution is 2.29. The average Bonchev–Trinajstić information content (AvgIpc) is 2.30. The Bertz CT molecular complexity index is 408. The number of halogens is 1. The van der Waals surface area contributed by atoms with E-state index in [9.17, 15) is 8.42 Å². The van der Waals surface area contributed by atoms with Gasteiger partial charge in [0.15, 0.2) is 9.84 Å². The molecule has 0 spiro atoms. The maximum absolute atomic E-state index is 11.7. The number of hydrogen-bond donors (Lipinski definition) is 1. The van der Waals surface area contributed by atoms with Crippen molar-refractivity contribution in [2.24, 2.45) is 0 Å². The van der Waals surface area contributed by atoms with E-state index in [4.69, 9.17) is 11.6 Å². The van der Waals surface area contributed by atoms with Crippen molar-refractivity contribution in [3.63, 3.8) is 0 Å². The molecule has 1 aromatic heterocycles. The Morgan fingerprint density at radius 3 is 2.54 bits per heavy atom. The molecule has 1 fully saturated rings. The lowest BCUT2D eigenvalue weighted by molar-refractivity contribution is 0.496. The Kier molecular flexibility index (Phi) is 2.35. The minimum Gasteiger partial charge on any atom is -0.314 e. The first-order valence-electron chi connectivity index (χ1n) is 3.80. The van der Waals surface area contributed by atoms with Gasteiger partial charge in [-0.05, 0) is 12.1 Å². The summed E-state index contributed by atoms with van der Waals surface area (Å²) < 4.78 is 24.4. The summed E-state index contributed by atoms with van der Waals surface area (Å²) in [5.41, 5.74) is 0. The van der Waals surface area contributed by atoms with E-state index in [1.165, 1.54) is 0 Å². The average molecular weight is 238 g/mol. The minimum atomic E-state index is -3.11. The van der Waals surface area contributed by atoms with Crippen LogP contribution in [-0.2, 0) is 9.84 Å². The van der Waals surface area contributed by atoms with Crippen LogP contribution in [0.3, 0.4) is 0 Å². The second-order valence-electron chi connectivity index (χ2n) is 2.88. The van der Waals surface area contributed by atoms with Crippen LogP contribution in [0.2, 0.25) is 4.34 Å². The molecule has 1 aromatic rings. The lowest BCUT2D eigenvalue weighted by Gasteiger charge is -2.25. The molecular weight excluding hydrogens is 230 g/mol. The number of hydrogen-bond acceptors (Lipinski definition) is 4. The van der Waals surface area contributed by atoms with E-state index in [0.29, 0.717) is 21.6 Å². The van der Waals surface area contributed by atoms with Crippen molar-refractivity contribution in [1.82, 2.24) is 5.32 Å². The van der Waals surface area contributed by atoms with Gasteiger partial charge < -0.3 is 5.32 Å². The highest BCUT2D eigenvalue weighted by Gasteiger charge is 2.33. The number of thiophene rings is 1. The van der Waals surface area contributed by atoms with Crippen LogP contribution < -0.4 is 5.32 Å². The van der Waals surface area contributed by atoms with Gasteiger partial charge in [0.05, 0.1) is 9.59 Å². The summed E-state index contributed by atoms with van der Waals surface area (Å²) >= 11 is 6.79. The molecule has 0 atom stereocenters. The first kappa shape index (κ1) is 9.45. The van der Waals surface area contributed by atoms with Crippen molar-refractivity contribution >= 4 is 32.8 Å².